The van der Waals surface area contributed by atoms with E-state index in [9.17, 15) is 14.4 Å². The van der Waals surface area contributed by atoms with Crippen molar-refractivity contribution in [3.05, 3.63) is 52.3 Å². The van der Waals surface area contributed by atoms with Gasteiger partial charge in [-0.05, 0) is 44.0 Å². The maximum atomic E-state index is 12.6. The number of amides is 1. The molecule has 0 saturated heterocycles. The average Bonchev–Trinajstić information content (AvgIpc) is 2.84. The molecule has 0 aliphatic rings. The van der Waals surface area contributed by atoms with Crippen LogP contribution in [0.5, 0.6) is 0 Å². The van der Waals surface area contributed by atoms with Crippen LogP contribution in [0.3, 0.4) is 0 Å². The SMILES string of the molecule is CCCc1c(C(=O)Nc2cccc(C(=O)O)c2)[nH]c(C)c1C(C)=O. The second-order valence-corrected chi connectivity index (χ2v) is 5.62. The van der Waals surface area contributed by atoms with E-state index in [1.165, 1.54) is 19.1 Å². The van der Waals surface area contributed by atoms with E-state index < -0.39 is 11.9 Å². The molecule has 0 atom stereocenters. The number of carboxylic acid groups (broad SMARTS) is 1. The highest BCUT2D eigenvalue weighted by atomic mass is 16.4. The van der Waals surface area contributed by atoms with E-state index in [4.69, 9.17) is 5.11 Å². The Hall–Kier alpha value is -2.89. The summed E-state index contributed by atoms with van der Waals surface area (Å²) < 4.78 is 0. The third-order valence-electron chi connectivity index (χ3n) is 3.74. The number of H-pyrrole nitrogens is 1. The molecule has 0 fully saturated rings. The number of aryl methyl sites for hydroxylation is 1. The highest BCUT2D eigenvalue weighted by Gasteiger charge is 2.22. The minimum atomic E-state index is -1.06. The van der Waals surface area contributed by atoms with E-state index in [-0.39, 0.29) is 11.3 Å². The van der Waals surface area contributed by atoms with Gasteiger partial charge in [0.05, 0.1) is 5.56 Å². The molecule has 2 rings (SSSR count). The fourth-order valence-electron chi connectivity index (χ4n) is 2.77. The number of aromatic nitrogens is 1. The Bertz CT molecular complexity index is 805. The van der Waals surface area contributed by atoms with Crippen LogP contribution in [0.15, 0.2) is 24.3 Å². The predicted octanol–water partition coefficient (Wildman–Crippen LogP) is 3.43. The number of carboxylic acids is 1. The molecule has 0 radical (unpaired) electrons. The molecule has 0 bridgehead atoms. The van der Waals surface area contributed by atoms with Gasteiger partial charge < -0.3 is 15.4 Å². The van der Waals surface area contributed by atoms with Gasteiger partial charge in [0.2, 0.25) is 0 Å². The summed E-state index contributed by atoms with van der Waals surface area (Å²) in [6.45, 7) is 5.22. The molecule has 2 aromatic rings. The van der Waals surface area contributed by atoms with Crippen molar-refractivity contribution in [2.24, 2.45) is 0 Å². The third-order valence-corrected chi connectivity index (χ3v) is 3.74. The van der Waals surface area contributed by atoms with Crippen molar-refractivity contribution in [2.45, 2.75) is 33.6 Å². The maximum absolute atomic E-state index is 12.6. The number of aromatic carboxylic acids is 1. The van der Waals surface area contributed by atoms with Crippen molar-refractivity contribution in [1.82, 2.24) is 4.98 Å². The van der Waals surface area contributed by atoms with E-state index in [0.29, 0.717) is 34.6 Å². The highest BCUT2D eigenvalue weighted by Crippen LogP contribution is 2.22. The monoisotopic (exact) mass is 328 g/mol. The molecule has 0 aliphatic carbocycles. The van der Waals surface area contributed by atoms with Crippen molar-refractivity contribution < 1.29 is 19.5 Å². The fourth-order valence-corrected chi connectivity index (χ4v) is 2.77. The fraction of sp³-hybridized carbons (Fsp3) is 0.278. The summed E-state index contributed by atoms with van der Waals surface area (Å²) in [6.07, 6.45) is 1.41. The summed E-state index contributed by atoms with van der Waals surface area (Å²) in [6, 6.07) is 6.02. The number of rotatable bonds is 6. The first-order chi connectivity index (χ1) is 11.3. The quantitative estimate of drug-likeness (QED) is 0.707. The molecule has 0 saturated carbocycles. The van der Waals surface area contributed by atoms with Gasteiger partial charge in [-0.25, -0.2) is 4.79 Å². The molecule has 0 unspecified atom stereocenters. The molecule has 1 aromatic carbocycles. The standard InChI is InChI=1S/C18H20N2O4/c1-4-6-14-15(11(3)21)10(2)19-16(14)17(22)20-13-8-5-7-12(9-13)18(23)24/h5,7-9,19H,4,6H2,1-3H3,(H,20,22)(H,23,24). The van der Waals surface area contributed by atoms with Crippen molar-refractivity contribution in [2.75, 3.05) is 5.32 Å². The molecular formula is C18H20N2O4. The topological polar surface area (TPSA) is 99.3 Å². The van der Waals surface area contributed by atoms with Gasteiger partial charge in [0, 0.05) is 16.9 Å². The first-order valence-corrected chi connectivity index (χ1v) is 7.72. The normalized spacial score (nSPS) is 10.5. The predicted molar refractivity (Wildman–Crippen MR) is 90.9 cm³/mol. The molecule has 126 valence electrons. The Morgan fingerprint density at radius 1 is 1.25 bits per heavy atom. The Morgan fingerprint density at radius 3 is 2.54 bits per heavy atom. The Morgan fingerprint density at radius 2 is 1.96 bits per heavy atom. The number of ketones is 1. The molecular weight excluding hydrogens is 308 g/mol. The summed E-state index contributed by atoms with van der Waals surface area (Å²) >= 11 is 0. The zero-order valence-corrected chi connectivity index (χ0v) is 13.9. The van der Waals surface area contributed by atoms with Crippen LogP contribution in [-0.2, 0) is 6.42 Å². The number of benzene rings is 1. The smallest absolute Gasteiger partial charge is 0.335 e. The molecule has 1 amide bonds. The van der Waals surface area contributed by atoms with Gasteiger partial charge in [-0.15, -0.1) is 0 Å². The number of anilines is 1. The molecule has 3 N–H and O–H groups in total. The summed E-state index contributed by atoms with van der Waals surface area (Å²) in [5.41, 5.74) is 2.75. The number of carbonyl (C=O) groups is 3. The van der Waals surface area contributed by atoms with E-state index in [1.54, 1.807) is 19.1 Å². The van der Waals surface area contributed by atoms with Gasteiger partial charge in [-0.2, -0.15) is 0 Å². The molecule has 6 nitrogen and oxygen atoms in total. The van der Waals surface area contributed by atoms with Crippen LogP contribution in [-0.4, -0.2) is 27.8 Å². The van der Waals surface area contributed by atoms with Gasteiger partial charge in [-0.3, -0.25) is 9.59 Å². The van der Waals surface area contributed by atoms with Gasteiger partial charge in [0.1, 0.15) is 5.69 Å². The van der Waals surface area contributed by atoms with E-state index in [0.717, 1.165) is 6.42 Å². The van der Waals surface area contributed by atoms with Crippen molar-refractivity contribution in [3.63, 3.8) is 0 Å². The van der Waals surface area contributed by atoms with Gasteiger partial charge in [0.25, 0.3) is 5.91 Å². The van der Waals surface area contributed by atoms with E-state index >= 15 is 0 Å². The lowest BCUT2D eigenvalue weighted by Gasteiger charge is -2.07. The number of hydrogen-bond acceptors (Lipinski definition) is 3. The Balaban J connectivity index is 2.36. The Labute approximate surface area is 139 Å². The summed E-state index contributed by atoms with van der Waals surface area (Å²) in [7, 11) is 0. The molecule has 0 aliphatic heterocycles. The van der Waals surface area contributed by atoms with Gasteiger partial charge >= 0.3 is 5.97 Å². The average molecular weight is 328 g/mol. The lowest BCUT2D eigenvalue weighted by atomic mass is 10.0. The number of aromatic amines is 1. The van der Waals surface area contributed by atoms with Crippen LogP contribution in [0, 0.1) is 6.92 Å². The van der Waals surface area contributed by atoms with Gasteiger partial charge in [-0.1, -0.05) is 19.4 Å². The second kappa shape index (κ2) is 7.12. The third kappa shape index (κ3) is 3.53. The lowest BCUT2D eigenvalue weighted by molar-refractivity contribution is 0.0696. The van der Waals surface area contributed by atoms with Crippen LogP contribution in [0.1, 0.15) is 62.7 Å². The zero-order chi connectivity index (χ0) is 17.9. The minimum absolute atomic E-state index is 0.0841. The van der Waals surface area contributed by atoms with Crippen LogP contribution < -0.4 is 5.32 Å². The molecule has 1 aromatic heterocycles. The Kier molecular flexibility index (Phi) is 5.18. The van der Waals surface area contributed by atoms with Gasteiger partial charge in [0.15, 0.2) is 5.78 Å². The number of nitrogens with one attached hydrogen (secondary N) is 2. The lowest BCUT2D eigenvalue weighted by Crippen LogP contribution is -2.15. The maximum Gasteiger partial charge on any atom is 0.335 e. The van der Waals surface area contributed by atoms with Crippen molar-refractivity contribution in [3.8, 4) is 0 Å². The van der Waals surface area contributed by atoms with Crippen LogP contribution >= 0.6 is 0 Å². The minimum Gasteiger partial charge on any atom is -0.478 e. The van der Waals surface area contributed by atoms with Crippen LogP contribution in [0.25, 0.3) is 0 Å². The molecule has 0 spiro atoms. The summed E-state index contributed by atoms with van der Waals surface area (Å²) in [5.74, 6) is -1.54. The number of hydrogen-bond donors (Lipinski definition) is 3. The highest BCUT2D eigenvalue weighted by molar-refractivity contribution is 6.08. The number of Topliss-reactive ketones (excluding diaryl/α,β-unsaturated/α-hetero) is 1. The first kappa shape index (κ1) is 17.5. The zero-order valence-electron chi connectivity index (χ0n) is 13.9. The van der Waals surface area contributed by atoms with Crippen LogP contribution in [0.4, 0.5) is 5.69 Å². The first-order valence-electron chi connectivity index (χ1n) is 7.72. The molecule has 24 heavy (non-hydrogen) atoms. The number of carbonyl (C=O) groups excluding carboxylic acids is 2. The van der Waals surface area contributed by atoms with E-state index in [1.807, 2.05) is 6.92 Å². The summed E-state index contributed by atoms with van der Waals surface area (Å²) in [5, 5.41) is 11.7. The second-order valence-electron chi connectivity index (χ2n) is 5.62. The van der Waals surface area contributed by atoms with E-state index in [2.05, 4.69) is 10.3 Å². The molecule has 1 heterocycles. The summed E-state index contributed by atoms with van der Waals surface area (Å²) in [4.78, 5) is 38.4. The van der Waals surface area contributed by atoms with Crippen LogP contribution in [0.2, 0.25) is 0 Å². The van der Waals surface area contributed by atoms with Crippen molar-refractivity contribution >= 4 is 23.3 Å². The largest absolute Gasteiger partial charge is 0.478 e. The van der Waals surface area contributed by atoms with Crippen molar-refractivity contribution in [1.29, 1.82) is 0 Å². The molecule has 6 heteroatoms.